The van der Waals surface area contributed by atoms with Crippen LogP contribution in [-0.2, 0) is 34.3 Å². The highest BCUT2D eigenvalue weighted by molar-refractivity contribution is 5.94. The fourth-order valence-electron chi connectivity index (χ4n) is 6.98. The van der Waals surface area contributed by atoms with Crippen LogP contribution in [0.2, 0.25) is 0 Å². The summed E-state index contributed by atoms with van der Waals surface area (Å²) in [5.41, 5.74) is 0.0138. The third-order valence-electron chi connectivity index (χ3n) is 9.47. The molecular weight excluding hydrogens is 725 g/mol. The van der Waals surface area contributed by atoms with Crippen LogP contribution >= 0.6 is 0 Å². The number of primary amides is 1. The van der Waals surface area contributed by atoms with E-state index in [1.165, 1.54) is 12.3 Å². The summed E-state index contributed by atoms with van der Waals surface area (Å²) in [6.07, 6.45) is -5.65. The second-order valence-corrected chi connectivity index (χ2v) is 13.5. The molecule has 2 aliphatic heterocycles. The van der Waals surface area contributed by atoms with E-state index in [0.717, 1.165) is 24.3 Å². The average molecular weight is 754 g/mol. The summed E-state index contributed by atoms with van der Waals surface area (Å²) >= 11 is 0. The summed E-state index contributed by atoms with van der Waals surface area (Å²) in [5, 5.41) is 5.82. The molecule has 3 aliphatic rings. The van der Waals surface area contributed by atoms with Crippen LogP contribution in [-0.4, -0.2) is 57.9 Å². The molecule has 2 saturated heterocycles. The third kappa shape index (κ3) is 6.77. The topological polar surface area (TPSA) is 128 Å². The molecule has 2 fully saturated rings. The van der Waals surface area contributed by atoms with Gasteiger partial charge < -0.3 is 20.7 Å². The van der Waals surface area contributed by atoms with Gasteiger partial charge in [0.15, 0.2) is 0 Å². The van der Waals surface area contributed by atoms with Gasteiger partial charge >= 0.3 is 0 Å². The van der Waals surface area contributed by atoms with Crippen molar-refractivity contribution >= 4 is 17.8 Å². The van der Waals surface area contributed by atoms with Crippen molar-refractivity contribution in [1.82, 2.24) is 25.1 Å². The number of amides is 2. The maximum atomic E-state index is 15.1. The lowest BCUT2D eigenvalue weighted by Crippen LogP contribution is -2.66. The van der Waals surface area contributed by atoms with Gasteiger partial charge in [-0.1, -0.05) is 6.07 Å². The summed E-state index contributed by atoms with van der Waals surface area (Å²) < 4.78 is 136. The van der Waals surface area contributed by atoms with E-state index < -0.39 is 102 Å². The van der Waals surface area contributed by atoms with E-state index in [9.17, 15) is 40.3 Å². The van der Waals surface area contributed by atoms with Gasteiger partial charge in [0, 0.05) is 43.8 Å². The Balaban J connectivity index is 1.32. The second kappa shape index (κ2) is 13.0. The molecule has 4 aromatic rings. The predicted molar refractivity (Wildman–Crippen MR) is 167 cm³/mol. The van der Waals surface area contributed by atoms with Crippen molar-refractivity contribution in [3.63, 3.8) is 0 Å². The number of hydrogen-bond acceptors (Lipinski definition) is 7. The van der Waals surface area contributed by atoms with Gasteiger partial charge in [0.2, 0.25) is 11.9 Å². The van der Waals surface area contributed by atoms with Crippen molar-refractivity contribution < 1.29 is 53.8 Å². The van der Waals surface area contributed by atoms with Crippen molar-refractivity contribution in [1.29, 1.82) is 0 Å². The summed E-state index contributed by atoms with van der Waals surface area (Å²) in [5.74, 6) is -13.3. The molecule has 1 atom stereocenters. The first kappa shape index (κ1) is 36.2. The Morgan fingerprint density at radius 3 is 2.25 bits per heavy atom. The zero-order valence-corrected chi connectivity index (χ0v) is 27.3. The summed E-state index contributed by atoms with van der Waals surface area (Å²) in [7, 11) is 0. The number of anilines is 1. The molecule has 1 spiro atoms. The Labute approximate surface area is 294 Å². The standard InChI is InChI=1S/C34H28F9N7O3/c35-18-5-16(6-19(36)9-18)7-23(46-24(51)11-50-28-25(27(48-50)29(38)39)33(40,41)3-4-34(28,42)43)26-21(17-1-2-22(37)20(8-17)30(44)52)10-45-31(47-26)49-12-32(13-49)14-53-15-32/h1-2,5-6,8-10,23,29H,3-4,7,11-15H2,(H2,44,52)(H,46,51)/t23-/m0/s1. The maximum absolute atomic E-state index is 15.1. The lowest BCUT2D eigenvalue weighted by atomic mass is 9.78. The normalized spacial score (nSPS) is 18.6. The van der Waals surface area contributed by atoms with E-state index >= 15 is 8.78 Å². The van der Waals surface area contributed by atoms with Gasteiger partial charge in [0.1, 0.15) is 35.4 Å². The van der Waals surface area contributed by atoms with E-state index in [1.54, 1.807) is 4.90 Å². The fraction of sp³-hybridized carbons (Fsp3) is 0.382. The minimum absolute atomic E-state index is 0.0343. The molecule has 4 heterocycles. The van der Waals surface area contributed by atoms with Gasteiger partial charge in [0.05, 0.1) is 41.5 Å². The molecule has 280 valence electrons. The lowest BCUT2D eigenvalue weighted by Gasteiger charge is -2.54. The molecule has 19 heteroatoms. The highest BCUT2D eigenvalue weighted by Gasteiger charge is 2.55. The zero-order valence-electron chi connectivity index (χ0n) is 27.3. The number of benzene rings is 2. The average Bonchev–Trinajstić information content (AvgIpc) is 3.43. The second-order valence-electron chi connectivity index (χ2n) is 13.5. The Kier molecular flexibility index (Phi) is 8.89. The van der Waals surface area contributed by atoms with Crippen LogP contribution in [0, 0.1) is 22.9 Å². The third-order valence-corrected chi connectivity index (χ3v) is 9.47. The molecule has 2 aromatic carbocycles. The Morgan fingerprint density at radius 2 is 1.62 bits per heavy atom. The number of halogens is 9. The van der Waals surface area contributed by atoms with Crippen LogP contribution in [0.1, 0.15) is 63.9 Å². The van der Waals surface area contributed by atoms with Crippen LogP contribution in [0.5, 0.6) is 0 Å². The van der Waals surface area contributed by atoms with Crippen LogP contribution in [0.3, 0.4) is 0 Å². The van der Waals surface area contributed by atoms with Crippen molar-refractivity contribution in [2.45, 2.75) is 50.1 Å². The Bertz CT molecular complexity index is 2090. The van der Waals surface area contributed by atoms with Gasteiger partial charge in [-0.05, 0) is 41.8 Å². The first-order chi connectivity index (χ1) is 24.9. The van der Waals surface area contributed by atoms with E-state index in [0.29, 0.717) is 32.4 Å². The largest absolute Gasteiger partial charge is 0.380 e. The number of hydrogen-bond donors (Lipinski definition) is 2. The minimum Gasteiger partial charge on any atom is -0.380 e. The highest BCUT2D eigenvalue weighted by Crippen LogP contribution is 2.52. The number of aromatic nitrogens is 4. The monoisotopic (exact) mass is 753 g/mol. The molecule has 2 aromatic heterocycles. The van der Waals surface area contributed by atoms with Gasteiger partial charge in [-0.15, -0.1) is 0 Å². The SMILES string of the molecule is NC(=O)c1cc(-c2cnc(N3CC4(COC4)C3)nc2[C@H](Cc2cc(F)cc(F)c2)NC(=O)Cn2nc(C(F)F)c3c2C(F)(F)CCC3(F)F)ccc1F. The van der Waals surface area contributed by atoms with Gasteiger partial charge in [-0.25, -0.2) is 40.7 Å². The lowest BCUT2D eigenvalue weighted by molar-refractivity contribution is -0.127. The quantitative estimate of drug-likeness (QED) is 0.199. The molecule has 0 saturated carbocycles. The number of carbonyl (C=O) groups excluding carboxylic acids is 2. The summed E-state index contributed by atoms with van der Waals surface area (Å²) in [4.78, 5) is 36.6. The summed E-state index contributed by atoms with van der Waals surface area (Å²) in [6.45, 7) is 0.712. The number of ether oxygens (including phenoxy) is 1. The number of alkyl halides is 6. The van der Waals surface area contributed by atoms with Crippen molar-refractivity contribution in [3.05, 3.63) is 93.8 Å². The fourth-order valence-corrected chi connectivity index (χ4v) is 6.98. The van der Waals surface area contributed by atoms with Crippen molar-refractivity contribution in [2.24, 2.45) is 11.1 Å². The van der Waals surface area contributed by atoms with Gasteiger partial charge in [-0.3, -0.25) is 14.3 Å². The number of carbonyl (C=O) groups is 2. The van der Waals surface area contributed by atoms with E-state index in [1.807, 2.05) is 0 Å². The predicted octanol–water partition coefficient (Wildman–Crippen LogP) is 5.71. The van der Waals surface area contributed by atoms with Crippen LogP contribution in [0.25, 0.3) is 11.1 Å². The molecule has 0 unspecified atom stereocenters. The zero-order chi connectivity index (χ0) is 38.0. The number of rotatable bonds is 10. The van der Waals surface area contributed by atoms with Gasteiger partial charge in [-0.2, -0.15) is 13.9 Å². The first-order valence-corrected chi connectivity index (χ1v) is 16.1. The van der Waals surface area contributed by atoms with E-state index in [-0.39, 0.29) is 38.4 Å². The molecule has 2 amide bonds. The minimum atomic E-state index is -4.09. The molecule has 10 nitrogen and oxygen atoms in total. The van der Waals surface area contributed by atoms with Crippen LogP contribution in [0.15, 0.2) is 42.6 Å². The van der Waals surface area contributed by atoms with Gasteiger partial charge in [0.25, 0.3) is 24.2 Å². The Morgan fingerprint density at radius 1 is 0.943 bits per heavy atom. The molecule has 0 radical (unpaired) electrons. The molecule has 1 aliphatic carbocycles. The van der Waals surface area contributed by atoms with E-state index in [4.69, 9.17) is 10.5 Å². The number of nitrogens with one attached hydrogen (secondary N) is 1. The number of nitrogens with zero attached hydrogens (tertiary/aromatic N) is 5. The van der Waals surface area contributed by atoms with Crippen molar-refractivity contribution in [2.75, 3.05) is 31.2 Å². The maximum Gasteiger partial charge on any atom is 0.290 e. The number of fused-ring (bicyclic) bond motifs is 1. The van der Waals surface area contributed by atoms with Crippen molar-refractivity contribution in [3.8, 4) is 11.1 Å². The smallest absolute Gasteiger partial charge is 0.290 e. The molecular formula is C34H28F9N7O3. The first-order valence-electron chi connectivity index (χ1n) is 16.1. The van der Waals surface area contributed by atoms with Crippen LogP contribution < -0.4 is 16.0 Å². The number of nitrogens with two attached hydrogens (primary N) is 1. The summed E-state index contributed by atoms with van der Waals surface area (Å²) in [6, 6.07) is 4.35. The highest BCUT2D eigenvalue weighted by atomic mass is 19.3. The molecule has 53 heavy (non-hydrogen) atoms. The van der Waals surface area contributed by atoms with Crippen LogP contribution in [0.4, 0.5) is 45.5 Å². The molecule has 3 N–H and O–H groups in total. The van der Waals surface area contributed by atoms with E-state index in [2.05, 4.69) is 20.4 Å². The molecule has 7 rings (SSSR count). The molecule has 0 bridgehead atoms. The Hall–Kier alpha value is -5.20.